The van der Waals surface area contributed by atoms with E-state index >= 15 is 0 Å². The van der Waals surface area contributed by atoms with Crippen LogP contribution in [0.4, 0.5) is 5.69 Å². The number of nitro benzene ring substituents is 1. The Balaban J connectivity index is 3.11. The lowest BCUT2D eigenvalue weighted by Gasteiger charge is -2.10. The van der Waals surface area contributed by atoms with E-state index in [9.17, 15) is 10.1 Å². The predicted octanol–water partition coefficient (Wildman–Crippen LogP) is 2.18. The standard InChI is InChI=1S/C11H14N2O3/c1-3-4-9(12)8-5-6-11(16-2)10(7-8)13(14)15/h3,5-7,9H,1,4,12H2,2H3/t9-/m0/s1. The van der Waals surface area contributed by atoms with Crippen LogP contribution in [0.5, 0.6) is 5.75 Å². The van der Waals surface area contributed by atoms with Crippen LogP contribution in [0.1, 0.15) is 18.0 Å². The zero-order chi connectivity index (χ0) is 12.1. The maximum atomic E-state index is 10.8. The molecule has 0 aliphatic carbocycles. The Morgan fingerprint density at radius 3 is 2.88 bits per heavy atom. The number of nitrogens with zero attached hydrogens (tertiary/aromatic N) is 1. The summed E-state index contributed by atoms with van der Waals surface area (Å²) >= 11 is 0. The Hall–Kier alpha value is -1.88. The Labute approximate surface area is 93.7 Å². The van der Waals surface area contributed by atoms with Gasteiger partial charge in [0.15, 0.2) is 5.75 Å². The second-order valence-electron chi connectivity index (χ2n) is 3.32. The quantitative estimate of drug-likeness (QED) is 0.470. The van der Waals surface area contributed by atoms with Gasteiger partial charge in [0, 0.05) is 12.1 Å². The number of nitrogens with two attached hydrogens (primary N) is 1. The van der Waals surface area contributed by atoms with Crippen molar-refractivity contribution in [2.24, 2.45) is 5.73 Å². The second-order valence-corrected chi connectivity index (χ2v) is 3.32. The molecule has 1 rings (SSSR count). The fourth-order valence-electron chi connectivity index (χ4n) is 1.40. The third-order valence-corrected chi connectivity index (χ3v) is 2.25. The highest BCUT2D eigenvalue weighted by atomic mass is 16.6. The summed E-state index contributed by atoms with van der Waals surface area (Å²) in [5.74, 6) is 0.236. The highest BCUT2D eigenvalue weighted by Gasteiger charge is 2.17. The molecule has 0 aliphatic rings. The first-order chi connectivity index (χ1) is 7.60. The normalized spacial score (nSPS) is 11.9. The van der Waals surface area contributed by atoms with Crippen LogP contribution >= 0.6 is 0 Å². The molecule has 0 fully saturated rings. The van der Waals surface area contributed by atoms with Gasteiger partial charge in [-0.3, -0.25) is 10.1 Å². The molecular weight excluding hydrogens is 208 g/mol. The maximum absolute atomic E-state index is 10.8. The zero-order valence-corrected chi connectivity index (χ0v) is 9.05. The lowest BCUT2D eigenvalue weighted by molar-refractivity contribution is -0.385. The van der Waals surface area contributed by atoms with Crippen molar-refractivity contribution < 1.29 is 9.66 Å². The summed E-state index contributed by atoms with van der Waals surface area (Å²) in [6, 6.07) is 4.44. The van der Waals surface area contributed by atoms with Gasteiger partial charge in [-0.15, -0.1) is 6.58 Å². The Kier molecular flexibility index (Phi) is 4.02. The fourth-order valence-corrected chi connectivity index (χ4v) is 1.40. The van der Waals surface area contributed by atoms with Gasteiger partial charge in [0.2, 0.25) is 0 Å². The van der Waals surface area contributed by atoms with Crippen LogP contribution in [0.25, 0.3) is 0 Å². The molecule has 0 saturated heterocycles. The monoisotopic (exact) mass is 222 g/mol. The molecule has 0 amide bonds. The lowest BCUT2D eigenvalue weighted by atomic mass is 10.0. The molecular formula is C11H14N2O3. The van der Waals surface area contributed by atoms with Gasteiger partial charge in [-0.25, -0.2) is 0 Å². The van der Waals surface area contributed by atoms with E-state index in [1.54, 1.807) is 18.2 Å². The average Bonchev–Trinajstić information content (AvgIpc) is 2.28. The van der Waals surface area contributed by atoms with Crippen molar-refractivity contribution in [3.05, 3.63) is 46.5 Å². The lowest BCUT2D eigenvalue weighted by Crippen LogP contribution is -2.09. The molecule has 1 aromatic rings. The van der Waals surface area contributed by atoms with E-state index in [1.165, 1.54) is 13.2 Å². The van der Waals surface area contributed by atoms with Crippen LogP contribution in [0.15, 0.2) is 30.9 Å². The van der Waals surface area contributed by atoms with Crippen molar-refractivity contribution in [3.63, 3.8) is 0 Å². The zero-order valence-electron chi connectivity index (χ0n) is 9.05. The molecule has 0 saturated carbocycles. The third-order valence-electron chi connectivity index (χ3n) is 2.25. The predicted molar refractivity (Wildman–Crippen MR) is 61.4 cm³/mol. The third kappa shape index (κ3) is 2.58. The molecule has 0 unspecified atom stereocenters. The van der Waals surface area contributed by atoms with E-state index in [4.69, 9.17) is 10.5 Å². The number of ether oxygens (including phenoxy) is 1. The minimum Gasteiger partial charge on any atom is -0.490 e. The molecule has 0 spiro atoms. The van der Waals surface area contributed by atoms with E-state index in [2.05, 4.69) is 6.58 Å². The highest BCUT2D eigenvalue weighted by Crippen LogP contribution is 2.29. The van der Waals surface area contributed by atoms with Gasteiger partial charge < -0.3 is 10.5 Å². The van der Waals surface area contributed by atoms with Crippen LogP contribution in [0.3, 0.4) is 0 Å². The largest absolute Gasteiger partial charge is 0.490 e. The van der Waals surface area contributed by atoms with Crippen molar-refractivity contribution in [1.29, 1.82) is 0 Å². The van der Waals surface area contributed by atoms with E-state index in [1.807, 2.05) is 0 Å². The smallest absolute Gasteiger partial charge is 0.311 e. The van der Waals surface area contributed by atoms with Gasteiger partial charge >= 0.3 is 5.69 Å². The topological polar surface area (TPSA) is 78.4 Å². The van der Waals surface area contributed by atoms with Crippen LogP contribution in [0.2, 0.25) is 0 Å². The van der Waals surface area contributed by atoms with Crippen molar-refractivity contribution in [2.75, 3.05) is 7.11 Å². The van der Waals surface area contributed by atoms with Crippen LogP contribution in [-0.4, -0.2) is 12.0 Å². The molecule has 0 radical (unpaired) electrons. The summed E-state index contributed by atoms with van der Waals surface area (Å²) in [4.78, 5) is 10.3. The number of rotatable bonds is 5. The molecule has 1 atom stereocenters. The van der Waals surface area contributed by atoms with Gasteiger partial charge in [-0.1, -0.05) is 12.1 Å². The number of hydrogen-bond donors (Lipinski definition) is 1. The first-order valence-electron chi connectivity index (χ1n) is 4.79. The van der Waals surface area contributed by atoms with E-state index < -0.39 is 4.92 Å². The molecule has 0 aromatic heterocycles. The van der Waals surface area contributed by atoms with E-state index in [-0.39, 0.29) is 17.5 Å². The van der Waals surface area contributed by atoms with Crippen LogP contribution < -0.4 is 10.5 Å². The summed E-state index contributed by atoms with van der Waals surface area (Å²) < 4.78 is 4.90. The Morgan fingerprint density at radius 1 is 1.69 bits per heavy atom. The van der Waals surface area contributed by atoms with Crippen molar-refractivity contribution in [2.45, 2.75) is 12.5 Å². The summed E-state index contributed by atoms with van der Waals surface area (Å²) in [6.07, 6.45) is 2.25. The minimum absolute atomic E-state index is 0.0699. The average molecular weight is 222 g/mol. The van der Waals surface area contributed by atoms with E-state index in [0.717, 1.165) is 0 Å². The molecule has 86 valence electrons. The maximum Gasteiger partial charge on any atom is 0.311 e. The van der Waals surface area contributed by atoms with Gasteiger partial charge in [0.1, 0.15) is 0 Å². The Bertz CT molecular complexity index is 404. The number of benzene rings is 1. The second kappa shape index (κ2) is 5.27. The SMILES string of the molecule is C=CC[C@H](N)c1ccc(OC)c([N+](=O)[O-])c1. The summed E-state index contributed by atoms with van der Waals surface area (Å²) in [5.41, 5.74) is 6.46. The molecule has 5 heteroatoms. The van der Waals surface area contributed by atoms with Crippen molar-refractivity contribution in [1.82, 2.24) is 0 Å². The van der Waals surface area contributed by atoms with Crippen LogP contribution in [0, 0.1) is 10.1 Å². The van der Waals surface area contributed by atoms with Gasteiger partial charge in [-0.05, 0) is 18.1 Å². The molecule has 5 nitrogen and oxygen atoms in total. The number of methoxy groups -OCH3 is 1. The molecule has 1 aromatic carbocycles. The molecule has 16 heavy (non-hydrogen) atoms. The highest BCUT2D eigenvalue weighted by molar-refractivity contribution is 5.49. The van der Waals surface area contributed by atoms with Gasteiger partial charge in [0.05, 0.1) is 12.0 Å². The Morgan fingerprint density at radius 2 is 2.38 bits per heavy atom. The molecule has 0 heterocycles. The molecule has 2 N–H and O–H groups in total. The summed E-state index contributed by atoms with van der Waals surface area (Å²) in [7, 11) is 1.39. The number of hydrogen-bond acceptors (Lipinski definition) is 4. The van der Waals surface area contributed by atoms with E-state index in [0.29, 0.717) is 12.0 Å². The summed E-state index contributed by atoms with van der Waals surface area (Å²) in [5, 5.41) is 10.8. The number of nitro groups is 1. The molecule has 0 bridgehead atoms. The molecule has 0 aliphatic heterocycles. The van der Waals surface area contributed by atoms with Gasteiger partial charge in [-0.2, -0.15) is 0 Å². The van der Waals surface area contributed by atoms with Gasteiger partial charge in [0.25, 0.3) is 0 Å². The minimum atomic E-state index is -0.483. The van der Waals surface area contributed by atoms with Crippen LogP contribution in [-0.2, 0) is 0 Å². The van der Waals surface area contributed by atoms with Crippen molar-refractivity contribution >= 4 is 5.69 Å². The first kappa shape index (κ1) is 12.2. The summed E-state index contributed by atoms with van der Waals surface area (Å²) in [6.45, 7) is 3.58. The first-order valence-corrected chi connectivity index (χ1v) is 4.79. The van der Waals surface area contributed by atoms with Crippen molar-refractivity contribution in [3.8, 4) is 5.75 Å². The fraction of sp³-hybridized carbons (Fsp3) is 0.273.